The molecular formula is C12H16N2O4. The van der Waals surface area contributed by atoms with Crippen molar-refractivity contribution in [3.63, 3.8) is 0 Å². The molecule has 1 saturated heterocycles. The van der Waals surface area contributed by atoms with Crippen molar-refractivity contribution in [3.8, 4) is 5.75 Å². The molecule has 0 bridgehead atoms. The standard InChI is InChI=1S/C12H16N2O4/c1-18-12-5-9(4-10(6-12)14(16)17)7-13-3-2-11(15)8-13/h4-6,11,15H,2-3,7-8H2,1H3/t11-/m0/s1. The summed E-state index contributed by atoms with van der Waals surface area (Å²) in [5, 5.41) is 20.3. The van der Waals surface area contributed by atoms with E-state index < -0.39 is 4.92 Å². The second-order valence-corrected chi connectivity index (χ2v) is 4.47. The molecule has 0 spiro atoms. The maximum atomic E-state index is 10.8. The molecule has 2 rings (SSSR count). The molecule has 1 fully saturated rings. The zero-order valence-electron chi connectivity index (χ0n) is 10.2. The molecular weight excluding hydrogens is 236 g/mol. The number of benzene rings is 1. The highest BCUT2D eigenvalue weighted by Crippen LogP contribution is 2.24. The molecule has 1 aromatic carbocycles. The highest BCUT2D eigenvalue weighted by molar-refractivity contribution is 5.42. The van der Waals surface area contributed by atoms with E-state index in [1.165, 1.54) is 13.2 Å². The Morgan fingerprint density at radius 1 is 1.56 bits per heavy atom. The van der Waals surface area contributed by atoms with Gasteiger partial charge in [-0.2, -0.15) is 0 Å². The van der Waals surface area contributed by atoms with E-state index in [9.17, 15) is 15.2 Å². The molecule has 18 heavy (non-hydrogen) atoms. The molecule has 0 saturated carbocycles. The van der Waals surface area contributed by atoms with Crippen LogP contribution in [0.1, 0.15) is 12.0 Å². The number of likely N-dealkylation sites (tertiary alicyclic amines) is 1. The Bertz CT molecular complexity index is 450. The smallest absolute Gasteiger partial charge is 0.273 e. The van der Waals surface area contributed by atoms with Gasteiger partial charge in [0.25, 0.3) is 5.69 Å². The van der Waals surface area contributed by atoms with Crippen molar-refractivity contribution in [1.29, 1.82) is 0 Å². The monoisotopic (exact) mass is 252 g/mol. The Hall–Kier alpha value is -1.66. The van der Waals surface area contributed by atoms with Crippen molar-refractivity contribution >= 4 is 5.69 Å². The third kappa shape index (κ3) is 2.96. The number of nitrogens with zero attached hydrogens (tertiary/aromatic N) is 2. The Balaban J connectivity index is 2.16. The first-order chi connectivity index (χ1) is 8.58. The largest absolute Gasteiger partial charge is 0.496 e. The predicted molar refractivity (Wildman–Crippen MR) is 65.5 cm³/mol. The first-order valence-electron chi connectivity index (χ1n) is 5.81. The molecule has 1 aliphatic rings. The van der Waals surface area contributed by atoms with Crippen molar-refractivity contribution in [2.24, 2.45) is 0 Å². The summed E-state index contributed by atoms with van der Waals surface area (Å²) in [6.07, 6.45) is 0.470. The van der Waals surface area contributed by atoms with E-state index in [1.807, 2.05) is 0 Å². The number of rotatable bonds is 4. The molecule has 98 valence electrons. The van der Waals surface area contributed by atoms with E-state index in [2.05, 4.69) is 4.90 Å². The normalized spacial score (nSPS) is 20.0. The van der Waals surface area contributed by atoms with Crippen molar-refractivity contribution in [2.75, 3.05) is 20.2 Å². The Kier molecular flexibility index (Phi) is 3.78. The molecule has 6 heteroatoms. The van der Waals surface area contributed by atoms with Crippen LogP contribution in [0, 0.1) is 10.1 Å². The first-order valence-corrected chi connectivity index (χ1v) is 5.81. The third-order valence-corrected chi connectivity index (χ3v) is 3.05. The van der Waals surface area contributed by atoms with Crippen LogP contribution in [0.3, 0.4) is 0 Å². The van der Waals surface area contributed by atoms with Crippen LogP contribution in [0.4, 0.5) is 5.69 Å². The van der Waals surface area contributed by atoms with E-state index in [-0.39, 0.29) is 11.8 Å². The quantitative estimate of drug-likeness (QED) is 0.643. The minimum absolute atomic E-state index is 0.0316. The van der Waals surface area contributed by atoms with Gasteiger partial charge in [-0.3, -0.25) is 15.0 Å². The van der Waals surface area contributed by atoms with Gasteiger partial charge in [-0.15, -0.1) is 0 Å². The second-order valence-electron chi connectivity index (χ2n) is 4.47. The summed E-state index contributed by atoms with van der Waals surface area (Å²) < 4.78 is 5.06. The number of methoxy groups -OCH3 is 1. The summed E-state index contributed by atoms with van der Waals surface area (Å²) in [5.74, 6) is 0.485. The Morgan fingerprint density at radius 2 is 2.33 bits per heavy atom. The lowest BCUT2D eigenvalue weighted by Crippen LogP contribution is -2.21. The number of hydrogen-bond acceptors (Lipinski definition) is 5. The molecule has 1 atom stereocenters. The van der Waals surface area contributed by atoms with Crippen LogP contribution < -0.4 is 4.74 Å². The molecule has 6 nitrogen and oxygen atoms in total. The van der Waals surface area contributed by atoms with Gasteiger partial charge in [-0.1, -0.05) is 0 Å². The lowest BCUT2D eigenvalue weighted by molar-refractivity contribution is -0.385. The molecule has 1 heterocycles. The van der Waals surface area contributed by atoms with Gasteiger partial charge in [0, 0.05) is 25.7 Å². The highest BCUT2D eigenvalue weighted by atomic mass is 16.6. The van der Waals surface area contributed by atoms with Crippen LogP contribution in [0.5, 0.6) is 5.75 Å². The number of aliphatic hydroxyl groups is 1. The Labute approximate surface area is 105 Å². The van der Waals surface area contributed by atoms with Gasteiger partial charge >= 0.3 is 0 Å². The number of aliphatic hydroxyl groups excluding tert-OH is 1. The highest BCUT2D eigenvalue weighted by Gasteiger charge is 2.21. The van der Waals surface area contributed by atoms with Crippen molar-refractivity contribution in [3.05, 3.63) is 33.9 Å². The average molecular weight is 252 g/mol. The minimum Gasteiger partial charge on any atom is -0.496 e. The van der Waals surface area contributed by atoms with E-state index in [0.717, 1.165) is 18.5 Å². The van der Waals surface area contributed by atoms with Gasteiger partial charge in [0.15, 0.2) is 0 Å². The molecule has 1 aliphatic heterocycles. The number of nitro benzene ring substituents is 1. The fourth-order valence-corrected chi connectivity index (χ4v) is 2.17. The van der Waals surface area contributed by atoms with E-state index in [0.29, 0.717) is 18.8 Å². The first kappa shape index (κ1) is 12.8. The molecule has 0 radical (unpaired) electrons. The molecule has 1 N–H and O–H groups in total. The number of β-amino-alcohol motifs (C(OH)–C–C–N with tert-alkyl or cyclic N) is 1. The van der Waals surface area contributed by atoms with Gasteiger partial charge in [0.1, 0.15) is 5.75 Å². The lowest BCUT2D eigenvalue weighted by Gasteiger charge is -2.15. The maximum Gasteiger partial charge on any atom is 0.273 e. The third-order valence-electron chi connectivity index (χ3n) is 3.05. The number of non-ortho nitro benzene ring substituents is 1. The van der Waals surface area contributed by atoms with Crippen molar-refractivity contribution in [2.45, 2.75) is 19.1 Å². The van der Waals surface area contributed by atoms with Gasteiger partial charge in [0.05, 0.1) is 24.2 Å². The van der Waals surface area contributed by atoms with Gasteiger partial charge in [-0.05, 0) is 18.1 Å². The summed E-state index contributed by atoms with van der Waals surface area (Å²) in [6.45, 7) is 2.02. The van der Waals surface area contributed by atoms with Gasteiger partial charge < -0.3 is 9.84 Å². The SMILES string of the molecule is COc1cc(CN2CC[C@H](O)C2)cc([N+](=O)[O-])c1. The summed E-state index contributed by atoms with van der Waals surface area (Å²) >= 11 is 0. The molecule has 0 aliphatic carbocycles. The summed E-state index contributed by atoms with van der Waals surface area (Å²) in [4.78, 5) is 12.5. The maximum absolute atomic E-state index is 10.8. The fourth-order valence-electron chi connectivity index (χ4n) is 2.17. The number of hydrogen-bond donors (Lipinski definition) is 1. The lowest BCUT2D eigenvalue weighted by atomic mass is 10.2. The van der Waals surface area contributed by atoms with Gasteiger partial charge in [-0.25, -0.2) is 0 Å². The molecule has 0 aromatic heterocycles. The van der Waals surface area contributed by atoms with E-state index in [4.69, 9.17) is 4.74 Å². The second kappa shape index (κ2) is 5.32. The fraction of sp³-hybridized carbons (Fsp3) is 0.500. The summed E-state index contributed by atoms with van der Waals surface area (Å²) in [5.41, 5.74) is 0.860. The number of nitro groups is 1. The summed E-state index contributed by atoms with van der Waals surface area (Å²) in [6, 6.07) is 4.74. The Morgan fingerprint density at radius 3 is 2.89 bits per heavy atom. The predicted octanol–water partition coefficient (Wildman–Crippen LogP) is 1.17. The zero-order chi connectivity index (χ0) is 13.1. The minimum atomic E-state index is -0.426. The molecule has 0 amide bonds. The number of ether oxygens (including phenoxy) is 1. The molecule has 1 aromatic rings. The topological polar surface area (TPSA) is 75.8 Å². The van der Waals surface area contributed by atoms with Crippen molar-refractivity contribution < 1.29 is 14.8 Å². The van der Waals surface area contributed by atoms with Crippen LogP contribution in [0.15, 0.2) is 18.2 Å². The van der Waals surface area contributed by atoms with Crippen LogP contribution in [-0.2, 0) is 6.54 Å². The van der Waals surface area contributed by atoms with Crippen LogP contribution >= 0.6 is 0 Å². The zero-order valence-corrected chi connectivity index (χ0v) is 10.2. The van der Waals surface area contributed by atoms with E-state index >= 15 is 0 Å². The van der Waals surface area contributed by atoms with Gasteiger partial charge in [0.2, 0.25) is 0 Å². The van der Waals surface area contributed by atoms with Crippen LogP contribution in [0.25, 0.3) is 0 Å². The van der Waals surface area contributed by atoms with Crippen LogP contribution in [-0.4, -0.2) is 41.2 Å². The van der Waals surface area contributed by atoms with E-state index in [1.54, 1.807) is 12.1 Å². The summed E-state index contributed by atoms with van der Waals surface area (Å²) in [7, 11) is 1.49. The van der Waals surface area contributed by atoms with Crippen LogP contribution in [0.2, 0.25) is 0 Å². The average Bonchev–Trinajstić information content (AvgIpc) is 2.74. The van der Waals surface area contributed by atoms with Crippen molar-refractivity contribution in [1.82, 2.24) is 4.90 Å². The molecule has 0 unspecified atom stereocenters.